The molecule has 3 unspecified atom stereocenters. The molecule has 38 heavy (non-hydrogen) atoms. The summed E-state index contributed by atoms with van der Waals surface area (Å²) in [5.41, 5.74) is 9.45. The van der Waals surface area contributed by atoms with Crippen molar-refractivity contribution in [3.05, 3.63) is 108 Å². The Morgan fingerprint density at radius 1 is 0.684 bits per heavy atom. The summed E-state index contributed by atoms with van der Waals surface area (Å²) in [5, 5.41) is 5.38. The summed E-state index contributed by atoms with van der Waals surface area (Å²) < 4.78 is 10.6. The van der Waals surface area contributed by atoms with E-state index in [1.165, 1.54) is 80.2 Å². The second-order valence-corrected chi connectivity index (χ2v) is 11.7. The van der Waals surface area contributed by atoms with Crippen LogP contribution >= 0.6 is 0 Å². The molecule has 0 bridgehead atoms. The van der Waals surface area contributed by atoms with E-state index in [4.69, 9.17) is 0 Å². The summed E-state index contributed by atoms with van der Waals surface area (Å²) in [6, 6.07) is 34.4. The Hall–Kier alpha value is -4.44. The monoisotopic (exact) mass is 488 g/mol. The van der Waals surface area contributed by atoms with Gasteiger partial charge >= 0.3 is 0 Å². The molecule has 3 aromatic carbocycles. The number of hydrogen-bond acceptors (Lipinski definition) is 0. The molecule has 3 atom stereocenters. The van der Waals surface area contributed by atoms with Gasteiger partial charge in [-0.05, 0) is 60.7 Å². The molecule has 0 amide bonds. The van der Waals surface area contributed by atoms with Crippen molar-refractivity contribution in [3.8, 4) is 11.5 Å². The predicted octanol–water partition coefficient (Wildman–Crippen LogP) is 6.23. The average Bonchev–Trinajstić information content (AvgIpc) is 3.72. The highest BCUT2D eigenvalue weighted by Crippen LogP contribution is 2.60. The lowest BCUT2D eigenvalue weighted by Gasteiger charge is -2.39. The molecule has 4 nitrogen and oxygen atoms in total. The molecule has 4 heteroatoms. The maximum Gasteiger partial charge on any atom is 0.292 e. The van der Waals surface area contributed by atoms with Gasteiger partial charge in [-0.1, -0.05) is 55.0 Å². The van der Waals surface area contributed by atoms with E-state index in [0.29, 0.717) is 11.8 Å². The SMILES string of the molecule is c1cc2c3c(c1)-n1c4ccccc4c4cc5c6ccccc6n6c5[n+](c41)C3(C1CCCC21)[n+]1ccccc1-6. The van der Waals surface area contributed by atoms with Crippen LogP contribution in [0.2, 0.25) is 0 Å². The molecule has 1 fully saturated rings. The van der Waals surface area contributed by atoms with Crippen molar-refractivity contribution in [2.45, 2.75) is 30.8 Å². The van der Waals surface area contributed by atoms with Gasteiger partial charge in [-0.25, -0.2) is 4.57 Å². The van der Waals surface area contributed by atoms with Gasteiger partial charge in [0, 0.05) is 22.8 Å². The topological polar surface area (TPSA) is 17.6 Å². The first-order valence-corrected chi connectivity index (χ1v) is 14.0. The number of pyridine rings is 2. The van der Waals surface area contributed by atoms with E-state index < -0.39 is 0 Å². The second kappa shape index (κ2) is 5.83. The Morgan fingerprint density at radius 2 is 1.42 bits per heavy atom. The van der Waals surface area contributed by atoms with Crippen LogP contribution in [0.15, 0.2) is 97.2 Å². The van der Waals surface area contributed by atoms with E-state index in [1.54, 1.807) is 5.56 Å². The fourth-order valence-corrected chi connectivity index (χ4v) is 9.31. The minimum absolute atomic E-state index is 0.268. The van der Waals surface area contributed by atoms with E-state index in [-0.39, 0.29) is 5.66 Å². The Balaban J connectivity index is 1.56. The van der Waals surface area contributed by atoms with E-state index in [0.717, 1.165) is 0 Å². The summed E-state index contributed by atoms with van der Waals surface area (Å²) in [5.74, 6) is 2.40. The number of benzene rings is 3. The number of aromatic nitrogens is 4. The van der Waals surface area contributed by atoms with Crippen LogP contribution in [-0.4, -0.2) is 9.13 Å². The van der Waals surface area contributed by atoms with Crippen molar-refractivity contribution >= 4 is 43.9 Å². The van der Waals surface area contributed by atoms with E-state index in [9.17, 15) is 0 Å². The highest BCUT2D eigenvalue weighted by molar-refractivity contribution is 6.15. The van der Waals surface area contributed by atoms with Gasteiger partial charge in [0.2, 0.25) is 5.65 Å². The van der Waals surface area contributed by atoms with Crippen molar-refractivity contribution in [1.82, 2.24) is 9.13 Å². The third kappa shape index (κ3) is 1.68. The lowest BCUT2D eigenvalue weighted by molar-refractivity contribution is -0.975. The van der Waals surface area contributed by atoms with Gasteiger partial charge in [0.15, 0.2) is 0 Å². The number of fused-ring (bicyclic) bond motifs is 11. The molecule has 0 radical (unpaired) electrons. The normalized spacial score (nSPS) is 23.6. The van der Waals surface area contributed by atoms with E-state index in [1.807, 2.05) is 0 Å². The molecule has 178 valence electrons. The highest BCUT2D eigenvalue weighted by Gasteiger charge is 2.68. The smallest absolute Gasteiger partial charge is 0.225 e. The summed E-state index contributed by atoms with van der Waals surface area (Å²) in [4.78, 5) is 0. The molecular formula is C34H24N4+2. The molecule has 0 saturated heterocycles. The van der Waals surface area contributed by atoms with Crippen LogP contribution in [0.1, 0.15) is 36.3 Å². The Bertz CT molecular complexity index is 2230. The molecule has 0 N–H and O–H groups in total. The van der Waals surface area contributed by atoms with Crippen molar-refractivity contribution in [1.29, 1.82) is 0 Å². The maximum absolute atomic E-state index is 2.80. The van der Waals surface area contributed by atoms with Gasteiger partial charge in [0.05, 0.1) is 22.5 Å². The van der Waals surface area contributed by atoms with Gasteiger partial charge in [-0.15, -0.1) is 0 Å². The number of para-hydroxylation sites is 2. The number of nitrogens with zero attached hydrogens (tertiary/aromatic N) is 4. The number of rotatable bonds is 0. The molecule has 2 aliphatic carbocycles. The van der Waals surface area contributed by atoms with Crippen molar-refractivity contribution in [3.63, 3.8) is 0 Å². The first-order chi connectivity index (χ1) is 18.9. The minimum Gasteiger partial charge on any atom is -0.225 e. The zero-order valence-electron chi connectivity index (χ0n) is 20.8. The Kier molecular flexibility index (Phi) is 2.88. The van der Waals surface area contributed by atoms with Gasteiger partial charge in [-0.3, -0.25) is 0 Å². The fourth-order valence-electron chi connectivity index (χ4n) is 9.31. The zero-order valence-corrected chi connectivity index (χ0v) is 20.8. The summed E-state index contributed by atoms with van der Waals surface area (Å²) in [7, 11) is 0. The molecule has 1 saturated carbocycles. The van der Waals surface area contributed by atoms with Crippen LogP contribution in [0, 0.1) is 5.92 Å². The maximum atomic E-state index is 2.80. The van der Waals surface area contributed by atoms with Gasteiger partial charge < -0.3 is 0 Å². The lowest BCUT2D eigenvalue weighted by Crippen LogP contribution is -2.80. The van der Waals surface area contributed by atoms with Crippen molar-refractivity contribution in [2.75, 3.05) is 0 Å². The van der Waals surface area contributed by atoms with Gasteiger partial charge in [0.1, 0.15) is 16.7 Å². The minimum atomic E-state index is -0.268. The molecule has 1 spiro atoms. The first-order valence-electron chi connectivity index (χ1n) is 14.0. The molecule has 4 aromatic heterocycles. The van der Waals surface area contributed by atoms with Crippen LogP contribution in [0.25, 0.3) is 55.4 Å². The predicted molar refractivity (Wildman–Crippen MR) is 148 cm³/mol. The van der Waals surface area contributed by atoms with Crippen LogP contribution in [-0.2, 0) is 5.66 Å². The summed E-state index contributed by atoms with van der Waals surface area (Å²) in [6.45, 7) is 0. The third-order valence-electron chi connectivity index (χ3n) is 10.4. The van der Waals surface area contributed by atoms with Gasteiger partial charge in [0.25, 0.3) is 17.1 Å². The van der Waals surface area contributed by atoms with Crippen LogP contribution in [0.3, 0.4) is 0 Å². The molecule has 4 aliphatic rings. The largest absolute Gasteiger partial charge is 0.292 e. The highest BCUT2D eigenvalue weighted by atomic mass is 15.4. The van der Waals surface area contributed by atoms with E-state index >= 15 is 0 Å². The molecule has 7 aromatic rings. The Labute approximate surface area is 218 Å². The molecule has 11 rings (SSSR count). The van der Waals surface area contributed by atoms with Gasteiger partial charge in [-0.2, -0.15) is 13.7 Å². The first kappa shape index (κ1) is 18.8. The zero-order chi connectivity index (χ0) is 24.3. The molecule has 6 heterocycles. The van der Waals surface area contributed by atoms with Crippen LogP contribution in [0.4, 0.5) is 0 Å². The average molecular weight is 489 g/mol. The van der Waals surface area contributed by atoms with Crippen molar-refractivity contribution < 1.29 is 9.13 Å². The van der Waals surface area contributed by atoms with E-state index in [2.05, 4.69) is 115 Å². The second-order valence-electron chi connectivity index (χ2n) is 11.7. The molecule has 2 aliphatic heterocycles. The quantitative estimate of drug-likeness (QED) is 0.225. The summed E-state index contributed by atoms with van der Waals surface area (Å²) in [6.07, 6.45) is 6.20. The van der Waals surface area contributed by atoms with Crippen LogP contribution < -0.4 is 9.13 Å². The lowest BCUT2D eigenvalue weighted by atomic mass is 9.85. The summed E-state index contributed by atoms with van der Waals surface area (Å²) >= 11 is 0. The molecular weight excluding hydrogens is 464 g/mol. The Morgan fingerprint density at radius 3 is 2.26 bits per heavy atom. The standard InChI is InChI=1S/C34H24N4/c1-3-14-27-21(9-1)24-19-25-22-10-2-4-15-28(22)37-30-17-5-6-18-35(30)34-26-13-7-11-20(26)23-12-8-16-29(31(23)34)36(27)32(24)38(34)33(25)37/h1-6,8-10,12,14-20,26H,7,11,13H2/q+2. The third-order valence-corrected chi connectivity index (χ3v) is 10.4. The van der Waals surface area contributed by atoms with Crippen molar-refractivity contribution in [2.24, 2.45) is 5.92 Å². The fraction of sp³-hybridized carbons (Fsp3) is 0.176. The van der Waals surface area contributed by atoms with Crippen LogP contribution in [0.5, 0.6) is 0 Å². The number of hydrogen-bond donors (Lipinski definition) is 0.